The fourth-order valence-corrected chi connectivity index (χ4v) is 5.27. The van der Waals surface area contributed by atoms with Gasteiger partial charge in [-0.05, 0) is 48.1 Å². The zero-order valence-corrected chi connectivity index (χ0v) is 17.9. The zero-order valence-electron chi connectivity index (χ0n) is 17.9. The molecule has 3 aromatic rings. The summed E-state index contributed by atoms with van der Waals surface area (Å²) in [5.41, 5.74) is 6.85. The van der Waals surface area contributed by atoms with Gasteiger partial charge in [-0.15, -0.1) is 0 Å². The summed E-state index contributed by atoms with van der Waals surface area (Å²) in [6.45, 7) is 7.66. The molecule has 0 amide bonds. The maximum atomic E-state index is 5.14. The smallest absolute Gasteiger partial charge is 0.0716 e. The van der Waals surface area contributed by atoms with Crippen LogP contribution >= 0.6 is 0 Å². The van der Waals surface area contributed by atoms with Crippen LogP contribution in [0.5, 0.6) is 0 Å². The number of nitrogens with zero attached hydrogens (tertiary/aromatic N) is 3. The van der Waals surface area contributed by atoms with Crippen LogP contribution in [0.4, 0.5) is 0 Å². The molecule has 1 fully saturated rings. The van der Waals surface area contributed by atoms with Crippen LogP contribution < -0.4 is 0 Å². The van der Waals surface area contributed by atoms with Crippen LogP contribution in [0.3, 0.4) is 0 Å². The number of hydrogen-bond acceptors (Lipinski definition) is 3. The van der Waals surface area contributed by atoms with E-state index in [9.17, 15) is 0 Å². The molecule has 1 aromatic heterocycles. The molecular weight excluding hydrogens is 366 g/mol. The largest absolute Gasteiger partial charge is 0.297 e. The highest BCUT2D eigenvalue weighted by Gasteiger charge is 2.45. The maximum absolute atomic E-state index is 5.14. The number of aromatic nitrogens is 1. The van der Waals surface area contributed by atoms with E-state index in [1.807, 2.05) is 0 Å². The van der Waals surface area contributed by atoms with Crippen molar-refractivity contribution in [3.63, 3.8) is 0 Å². The first-order valence-corrected chi connectivity index (χ1v) is 11.3. The van der Waals surface area contributed by atoms with Crippen molar-refractivity contribution in [1.29, 1.82) is 0 Å². The first-order chi connectivity index (χ1) is 14.8. The number of fused-ring (bicyclic) bond motifs is 1. The molecule has 2 aromatic carbocycles. The maximum Gasteiger partial charge on any atom is 0.0716 e. The molecule has 3 heteroatoms. The SMILES string of the molecule is CCc1cccc(C2(N3CCN(Cc4ccccc4)CC3)Cc3ccccc3C2)n1. The highest BCUT2D eigenvalue weighted by molar-refractivity contribution is 5.40. The van der Waals surface area contributed by atoms with Crippen LogP contribution in [0.25, 0.3) is 0 Å². The lowest BCUT2D eigenvalue weighted by molar-refractivity contribution is 0.0290. The average Bonchev–Trinajstić information content (AvgIpc) is 3.21. The lowest BCUT2D eigenvalue weighted by Gasteiger charge is -2.46. The molecule has 0 unspecified atom stereocenters. The summed E-state index contributed by atoms with van der Waals surface area (Å²) in [7, 11) is 0. The molecule has 3 nitrogen and oxygen atoms in total. The minimum absolute atomic E-state index is 0.00625. The Labute approximate surface area is 180 Å². The predicted molar refractivity (Wildman–Crippen MR) is 122 cm³/mol. The Morgan fingerprint density at radius 1 is 0.767 bits per heavy atom. The number of pyridine rings is 1. The van der Waals surface area contributed by atoms with Crippen molar-refractivity contribution in [2.45, 2.75) is 38.3 Å². The molecular formula is C27H31N3. The second-order valence-electron chi connectivity index (χ2n) is 8.77. The highest BCUT2D eigenvalue weighted by Crippen LogP contribution is 2.42. The summed E-state index contributed by atoms with van der Waals surface area (Å²) in [6.07, 6.45) is 3.13. The van der Waals surface area contributed by atoms with Crippen molar-refractivity contribution in [1.82, 2.24) is 14.8 Å². The first-order valence-electron chi connectivity index (χ1n) is 11.3. The topological polar surface area (TPSA) is 19.4 Å². The molecule has 154 valence electrons. The summed E-state index contributed by atoms with van der Waals surface area (Å²) in [5, 5.41) is 0. The number of piperazine rings is 1. The van der Waals surface area contributed by atoms with Gasteiger partial charge in [0.1, 0.15) is 0 Å². The third-order valence-electron chi connectivity index (χ3n) is 6.96. The monoisotopic (exact) mass is 397 g/mol. The quantitative estimate of drug-likeness (QED) is 0.634. The van der Waals surface area contributed by atoms with Crippen molar-refractivity contribution >= 4 is 0 Å². The van der Waals surface area contributed by atoms with Gasteiger partial charge in [0.2, 0.25) is 0 Å². The van der Waals surface area contributed by atoms with Gasteiger partial charge in [0.15, 0.2) is 0 Å². The highest BCUT2D eigenvalue weighted by atomic mass is 15.3. The van der Waals surface area contributed by atoms with Crippen molar-refractivity contribution in [3.05, 3.63) is 101 Å². The van der Waals surface area contributed by atoms with Gasteiger partial charge < -0.3 is 0 Å². The minimum Gasteiger partial charge on any atom is -0.297 e. The van der Waals surface area contributed by atoms with Crippen molar-refractivity contribution < 1.29 is 0 Å². The van der Waals surface area contributed by atoms with E-state index in [2.05, 4.69) is 89.5 Å². The van der Waals surface area contributed by atoms with E-state index in [1.165, 1.54) is 28.1 Å². The number of hydrogen-bond donors (Lipinski definition) is 0. The van der Waals surface area contributed by atoms with Crippen LogP contribution in [0.2, 0.25) is 0 Å². The van der Waals surface area contributed by atoms with Gasteiger partial charge >= 0.3 is 0 Å². The standard InChI is InChI=1S/C27H31N3/c1-2-25-13-8-14-26(28-25)27(19-23-11-6-7-12-24(23)20-27)30-17-15-29(16-18-30)21-22-9-4-3-5-10-22/h3-14H,2,15-21H2,1H3. The van der Waals surface area contributed by atoms with Gasteiger partial charge in [0.25, 0.3) is 0 Å². The molecule has 0 spiro atoms. The van der Waals surface area contributed by atoms with Gasteiger partial charge in [-0.3, -0.25) is 14.8 Å². The lowest BCUT2D eigenvalue weighted by Crippen LogP contribution is -2.56. The molecule has 1 aliphatic heterocycles. The molecule has 0 saturated carbocycles. The van der Waals surface area contributed by atoms with Crippen LogP contribution in [-0.2, 0) is 31.3 Å². The number of benzene rings is 2. The molecule has 5 rings (SSSR count). The Morgan fingerprint density at radius 2 is 1.43 bits per heavy atom. The summed E-state index contributed by atoms with van der Waals surface area (Å²) in [4.78, 5) is 10.5. The summed E-state index contributed by atoms with van der Waals surface area (Å²) in [5.74, 6) is 0. The van der Waals surface area contributed by atoms with E-state index in [4.69, 9.17) is 4.98 Å². The predicted octanol–water partition coefficient (Wildman–Crippen LogP) is 4.46. The van der Waals surface area contributed by atoms with Crippen molar-refractivity contribution in [2.75, 3.05) is 26.2 Å². The molecule has 2 aliphatic rings. The van der Waals surface area contributed by atoms with Crippen molar-refractivity contribution in [3.8, 4) is 0 Å². The third kappa shape index (κ3) is 3.68. The van der Waals surface area contributed by atoms with E-state index in [0.717, 1.165) is 52.0 Å². The zero-order chi connectivity index (χ0) is 20.4. The second-order valence-corrected chi connectivity index (χ2v) is 8.77. The summed E-state index contributed by atoms with van der Waals surface area (Å²) >= 11 is 0. The molecule has 0 radical (unpaired) electrons. The first kappa shape index (κ1) is 19.5. The summed E-state index contributed by atoms with van der Waals surface area (Å²) in [6, 6.07) is 26.5. The molecule has 0 N–H and O–H groups in total. The van der Waals surface area contributed by atoms with Gasteiger partial charge in [0, 0.05) is 38.4 Å². The summed E-state index contributed by atoms with van der Waals surface area (Å²) < 4.78 is 0. The van der Waals surface area contributed by atoms with E-state index < -0.39 is 0 Å². The second kappa shape index (κ2) is 8.33. The van der Waals surface area contributed by atoms with Crippen LogP contribution in [-0.4, -0.2) is 41.0 Å². The molecule has 2 heterocycles. The Hall–Kier alpha value is -2.49. The average molecular weight is 398 g/mol. The van der Waals surface area contributed by atoms with Gasteiger partial charge in [0.05, 0.1) is 11.2 Å². The van der Waals surface area contributed by atoms with Gasteiger partial charge in [-0.2, -0.15) is 0 Å². The van der Waals surface area contributed by atoms with E-state index in [0.29, 0.717) is 0 Å². The third-order valence-corrected chi connectivity index (χ3v) is 6.96. The van der Waals surface area contributed by atoms with Crippen LogP contribution in [0, 0.1) is 0 Å². The lowest BCUT2D eigenvalue weighted by atomic mass is 9.87. The fourth-order valence-electron chi connectivity index (χ4n) is 5.27. The molecule has 30 heavy (non-hydrogen) atoms. The Balaban J connectivity index is 1.40. The van der Waals surface area contributed by atoms with E-state index in [1.54, 1.807) is 0 Å². The normalized spacial score (nSPS) is 19.0. The van der Waals surface area contributed by atoms with Gasteiger partial charge in [-0.25, -0.2) is 0 Å². The molecule has 1 saturated heterocycles. The number of rotatable bonds is 5. The Morgan fingerprint density at radius 3 is 2.10 bits per heavy atom. The minimum atomic E-state index is -0.00625. The fraction of sp³-hybridized carbons (Fsp3) is 0.370. The molecule has 0 atom stereocenters. The Bertz CT molecular complexity index is 965. The number of aryl methyl sites for hydroxylation is 1. The van der Waals surface area contributed by atoms with Crippen LogP contribution in [0.1, 0.15) is 35.0 Å². The van der Waals surface area contributed by atoms with E-state index >= 15 is 0 Å². The van der Waals surface area contributed by atoms with Crippen molar-refractivity contribution in [2.24, 2.45) is 0 Å². The van der Waals surface area contributed by atoms with Crippen LogP contribution in [0.15, 0.2) is 72.8 Å². The Kier molecular flexibility index (Phi) is 5.41. The molecule has 0 bridgehead atoms. The van der Waals surface area contributed by atoms with Gasteiger partial charge in [-0.1, -0.05) is 67.6 Å². The molecule has 1 aliphatic carbocycles. The van der Waals surface area contributed by atoms with E-state index in [-0.39, 0.29) is 5.54 Å².